The van der Waals surface area contributed by atoms with E-state index in [0.29, 0.717) is 5.66 Å². The highest BCUT2D eigenvalue weighted by Gasteiger charge is 2.24. The lowest BCUT2D eigenvalue weighted by Crippen LogP contribution is -1.92. The van der Waals surface area contributed by atoms with Crippen LogP contribution in [0.3, 0.4) is 0 Å². The molecule has 2 atom stereocenters. The molecule has 0 aliphatic carbocycles. The molecule has 0 radical (unpaired) electrons. The van der Waals surface area contributed by atoms with Crippen molar-refractivity contribution in [2.75, 3.05) is 12.8 Å². The Morgan fingerprint density at radius 3 is 2.50 bits per heavy atom. The molecule has 46 valence electrons. The molecule has 0 spiro atoms. The molecule has 1 aliphatic heterocycles. The van der Waals surface area contributed by atoms with Crippen molar-refractivity contribution in [2.45, 2.75) is 12.6 Å². The molecule has 1 heterocycles. The van der Waals surface area contributed by atoms with Crippen molar-refractivity contribution in [1.29, 1.82) is 0 Å². The molecule has 2 heteroatoms. The molecule has 1 nitrogen and oxygen atoms in total. The van der Waals surface area contributed by atoms with E-state index in [-0.39, 0.29) is 0 Å². The standard InChI is InChI=1S/C6H11OP/c1-6-4-3-5-8(6,2)7/h3-4,6H,5H2,1-2H3. The van der Waals surface area contributed by atoms with E-state index in [1.54, 1.807) is 0 Å². The average molecular weight is 130 g/mol. The molecule has 0 aromatic carbocycles. The predicted octanol–water partition coefficient (Wildman–Crippen LogP) is 1.94. The van der Waals surface area contributed by atoms with Crippen LogP contribution in [0.4, 0.5) is 0 Å². The topological polar surface area (TPSA) is 17.1 Å². The molecular formula is C6H11OP. The van der Waals surface area contributed by atoms with Crippen molar-refractivity contribution < 1.29 is 4.57 Å². The normalized spacial score (nSPS) is 45.5. The maximum atomic E-state index is 11.3. The van der Waals surface area contributed by atoms with Crippen LogP contribution in [0.1, 0.15) is 6.92 Å². The van der Waals surface area contributed by atoms with E-state index in [0.717, 1.165) is 6.16 Å². The molecule has 2 unspecified atom stereocenters. The van der Waals surface area contributed by atoms with Gasteiger partial charge in [0.15, 0.2) is 0 Å². The van der Waals surface area contributed by atoms with Crippen molar-refractivity contribution in [2.24, 2.45) is 0 Å². The molecule has 0 saturated heterocycles. The summed E-state index contributed by atoms with van der Waals surface area (Å²) in [6.45, 7) is 3.89. The summed E-state index contributed by atoms with van der Waals surface area (Å²) in [5.74, 6) is 0. The summed E-state index contributed by atoms with van der Waals surface area (Å²) in [4.78, 5) is 0. The maximum absolute atomic E-state index is 11.3. The Kier molecular flexibility index (Phi) is 1.32. The fourth-order valence-electron chi connectivity index (χ4n) is 0.815. The molecule has 0 amide bonds. The minimum Gasteiger partial charge on any atom is -0.323 e. The maximum Gasteiger partial charge on any atom is 0.0946 e. The summed E-state index contributed by atoms with van der Waals surface area (Å²) in [6.07, 6.45) is 4.88. The highest BCUT2D eigenvalue weighted by Crippen LogP contribution is 2.50. The van der Waals surface area contributed by atoms with Gasteiger partial charge < -0.3 is 4.57 Å². The van der Waals surface area contributed by atoms with Crippen molar-refractivity contribution in [3.05, 3.63) is 12.2 Å². The zero-order chi connectivity index (χ0) is 6.20. The molecule has 1 aliphatic rings. The smallest absolute Gasteiger partial charge is 0.0946 e. The summed E-state index contributed by atoms with van der Waals surface area (Å²) >= 11 is 0. The summed E-state index contributed by atoms with van der Waals surface area (Å²) in [5, 5.41) is 0. The Labute approximate surface area is 50.2 Å². The Morgan fingerprint density at radius 1 is 1.75 bits per heavy atom. The lowest BCUT2D eigenvalue weighted by atomic mass is 10.4. The fraction of sp³-hybridized carbons (Fsp3) is 0.667. The molecule has 1 rings (SSSR count). The van der Waals surface area contributed by atoms with Crippen LogP contribution in [0.25, 0.3) is 0 Å². The first-order valence-corrected chi connectivity index (χ1v) is 5.26. The van der Waals surface area contributed by atoms with Crippen molar-refractivity contribution in [3.8, 4) is 0 Å². The lowest BCUT2D eigenvalue weighted by molar-refractivity contribution is 0.579. The second-order valence-corrected chi connectivity index (χ2v) is 6.05. The molecule has 0 bridgehead atoms. The van der Waals surface area contributed by atoms with Crippen LogP contribution in [-0.2, 0) is 4.57 Å². The first-order valence-electron chi connectivity index (χ1n) is 2.86. The SMILES string of the molecule is CC1C=CCP1(C)=O. The molecule has 0 aromatic rings. The van der Waals surface area contributed by atoms with E-state index < -0.39 is 7.14 Å². The average Bonchev–Trinajstić information content (AvgIpc) is 1.86. The van der Waals surface area contributed by atoms with Gasteiger partial charge in [0.1, 0.15) is 0 Å². The lowest BCUT2D eigenvalue weighted by Gasteiger charge is -2.07. The van der Waals surface area contributed by atoms with Crippen LogP contribution in [0, 0.1) is 0 Å². The second-order valence-electron chi connectivity index (χ2n) is 2.53. The van der Waals surface area contributed by atoms with E-state index >= 15 is 0 Å². The third kappa shape index (κ3) is 0.877. The van der Waals surface area contributed by atoms with Crippen LogP contribution in [0.15, 0.2) is 12.2 Å². The minimum absolute atomic E-state index is 0.336. The van der Waals surface area contributed by atoms with E-state index in [9.17, 15) is 4.57 Å². The van der Waals surface area contributed by atoms with Crippen LogP contribution in [0.2, 0.25) is 0 Å². The molecule has 0 N–H and O–H groups in total. The first kappa shape index (κ1) is 6.10. The third-order valence-electron chi connectivity index (χ3n) is 1.74. The van der Waals surface area contributed by atoms with Gasteiger partial charge in [-0.25, -0.2) is 0 Å². The zero-order valence-corrected chi connectivity index (χ0v) is 6.19. The molecule has 0 aromatic heterocycles. The van der Waals surface area contributed by atoms with Crippen LogP contribution in [-0.4, -0.2) is 18.5 Å². The van der Waals surface area contributed by atoms with Crippen LogP contribution < -0.4 is 0 Å². The van der Waals surface area contributed by atoms with Crippen LogP contribution >= 0.6 is 7.14 Å². The number of rotatable bonds is 0. The predicted molar refractivity (Wildman–Crippen MR) is 37.0 cm³/mol. The highest BCUT2D eigenvalue weighted by molar-refractivity contribution is 7.64. The van der Waals surface area contributed by atoms with Crippen molar-refractivity contribution >= 4 is 7.14 Å². The Morgan fingerprint density at radius 2 is 2.38 bits per heavy atom. The number of allylic oxidation sites excluding steroid dienone is 2. The molecular weight excluding hydrogens is 119 g/mol. The van der Waals surface area contributed by atoms with Gasteiger partial charge >= 0.3 is 0 Å². The first-order chi connectivity index (χ1) is 3.63. The highest BCUT2D eigenvalue weighted by atomic mass is 31.2. The summed E-state index contributed by atoms with van der Waals surface area (Å²) in [6, 6.07) is 0. The summed E-state index contributed by atoms with van der Waals surface area (Å²) < 4.78 is 11.3. The number of hydrogen-bond donors (Lipinski definition) is 0. The van der Waals surface area contributed by atoms with Crippen molar-refractivity contribution in [3.63, 3.8) is 0 Å². The van der Waals surface area contributed by atoms with E-state index in [4.69, 9.17) is 0 Å². The fourth-order valence-corrected chi connectivity index (χ4v) is 2.17. The second kappa shape index (κ2) is 1.73. The van der Waals surface area contributed by atoms with Gasteiger partial charge in [-0.3, -0.25) is 0 Å². The molecule has 0 fully saturated rings. The monoisotopic (exact) mass is 130 g/mol. The van der Waals surface area contributed by atoms with Crippen molar-refractivity contribution in [1.82, 2.24) is 0 Å². The van der Waals surface area contributed by atoms with Gasteiger partial charge in [0, 0.05) is 11.8 Å². The number of hydrogen-bond acceptors (Lipinski definition) is 1. The Hall–Kier alpha value is -0.0300. The van der Waals surface area contributed by atoms with Gasteiger partial charge in [0.05, 0.1) is 7.14 Å². The van der Waals surface area contributed by atoms with Gasteiger partial charge in [-0.1, -0.05) is 19.1 Å². The van der Waals surface area contributed by atoms with Crippen LogP contribution in [0.5, 0.6) is 0 Å². The van der Waals surface area contributed by atoms with Gasteiger partial charge in [-0.2, -0.15) is 0 Å². The molecule has 0 saturated carbocycles. The summed E-state index contributed by atoms with van der Waals surface area (Å²) in [5.41, 5.74) is 0.336. The zero-order valence-electron chi connectivity index (χ0n) is 5.29. The quantitative estimate of drug-likeness (QED) is 0.361. The van der Waals surface area contributed by atoms with E-state index in [2.05, 4.69) is 0 Å². The summed E-state index contributed by atoms with van der Waals surface area (Å²) in [7, 11) is -1.75. The molecule has 8 heavy (non-hydrogen) atoms. The third-order valence-corrected chi connectivity index (χ3v) is 4.58. The Balaban J connectivity index is 2.79. The van der Waals surface area contributed by atoms with E-state index in [1.807, 2.05) is 25.7 Å². The minimum atomic E-state index is -1.75. The van der Waals surface area contributed by atoms with E-state index in [1.165, 1.54) is 0 Å². The van der Waals surface area contributed by atoms with Gasteiger partial charge in [-0.05, 0) is 6.66 Å². The largest absolute Gasteiger partial charge is 0.323 e. The van der Waals surface area contributed by atoms with Gasteiger partial charge in [0.25, 0.3) is 0 Å². The van der Waals surface area contributed by atoms with Gasteiger partial charge in [0.2, 0.25) is 0 Å². The van der Waals surface area contributed by atoms with Gasteiger partial charge in [-0.15, -0.1) is 0 Å². The Bertz CT molecular complexity index is 160.